The number of hydrogen-bond donors (Lipinski definition) is 2. The molecule has 0 aliphatic rings. The second-order valence-corrected chi connectivity index (χ2v) is 6.46. The lowest BCUT2D eigenvalue weighted by atomic mass is 10.0. The third-order valence-electron chi connectivity index (χ3n) is 4.26. The molecule has 0 bridgehead atoms. The van der Waals surface area contributed by atoms with E-state index in [0.717, 1.165) is 12.0 Å². The Hall–Kier alpha value is -2.89. The van der Waals surface area contributed by atoms with Crippen molar-refractivity contribution in [2.45, 2.75) is 51.9 Å². The summed E-state index contributed by atoms with van der Waals surface area (Å²) in [6.45, 7) is 2.23. The Bertz CT molecular complexity index is 763. The van der Waals surface area contributed by atoms with Crippen molar-refractivity contribution in [3.05, 3.63) is 53.5 Å². The van der Waals surface area contributed by atoms with Crippen LogP contribution in [-0.4, -0.2) is 21.8 Å². The van der Waals surface area contributed by atoms with Crippen LogP contribution < -0.4 is 10.5 Å². The summed E-state index contributed by atoms with van der Waals surface area (Å²) in [5.41, 5.74) is 7.33. The van der Waals surface area contributed by atoms with Crippen LogP contribution in [0.15, 0.2) is 36.7 Å². The van der Waals surface area contributed by atoms with Crippen molar-refractivity contribution < 1.29 is 14.3 Å². The molecule has 1 aromatic carbocycles. The number of nitrogens with two attached hydrogens (primary N) is 1. The van der Waals surface area contributed by atoms with Gasteiger partial charge in [-0.05, 0) is 30.0 Å². The summed E-state index contributed by atoms with van der Waals surface area (Å²) < 4.78 is 5.02. The largest absolute Gasteiger partial charge is 0.402 e. The molecule has 1 amide bonds. The first kappa shape index (κ1) is 20.4. The van der Waals surface area contributed by atoms with Gasteiger partial charge in [-0.25, -0.2) is 9.78 Å². The molecule has 6 nitrogen and oxygen atoms in total. The summed E-state index contributed by atoms with van der Waals surface area (Å²) in [6, 6.07) is 8.10. The van der Waals surface area contributed by atoms with Crippen molar-refractivity contribution in [2.75, 3.05) is 0 Å². The number of hydrogen-bond acceptors (Lipinski definition) is 4. The topological polar surface area (TPSA) is 98.1 Å². The van der Waals surface area contributed by atoms with Gasteiger partial charge in [0.2, 0.25) is 0 Å². The molecule has 0 radical (unpaired) electrons. The van der Waals surface area contributed by atoms with Gasteiger partial charge in [0.1, 0.15) is 0 Å². The van der Waals surface area contributed by atoms with Crippen LogP contribution in [0, 0.1) is 0 Å². The van der Waals surface area contributed by atoms with E-state index in [1.807, 2.05) is 12.1 Å². The molecule has 6 heteroatoms. The number of aromatic amines is 1. The van der Waals surface area contributed by atoms with Crippen LogP contribution in [0.25, 0.3) is 6.08 Å². The van der Waals surface area contributed by atoms with Crippen molar-refractivity contribution in [1.29, 1.82) is 0 Å². The predicted molar refractivity (Wildman–Crippen MR) is 105 cm³/mol. The quantitative estimate of drug-likeness (QED) is 0.355. The average molecular weight is 369 g/mol. The Labute approximate surface area is 159 Å². The van der Waals surface area contributed by atoms with E-state index < -0.39 is 11.9 Å². The number of imidazole rings is 1. The average Bonchev–Trinajstić information content (AvgIpc) is 3.12. The third-order valence-corrected chi connectivity index (χ3v) is 4.26. The molecule has 0 saturated carbocycles. The van der Waals surface area contributed by atoms with E-state index in [2.05, 4.69) is 29.0 Å². The van der Waals surface area contributed by atoms with Crippen LogP contribution in [0.4, 0.5) is 0 Å². The van der Waals surface area contributed by atoms with Gasteiger partial charge in [0.15, 0.2) is 5.69 Å². The van der Waals surface area contributed by atoms with E-state index in [0.29, 0.717) is 0 Å². The second-order valence-electron chi connectivity index (χ2n) is 6.46. The number of esters is 1. The summed E-state index contributed by atoms with van der Waals surface area (Å²) in [6.07, 6.45) is 13.0. The Morgan fingerprint density at radius 1 is 1.11 bits per heavy atom. The minimum absolute atomic E-state index is 0.0317. The highest BCUT2D eigenvalue weighted by atomic mass is 16.5. The fourth-order valence-electron chi connectivity index (χ4n) is 2.73. The Morgan fingerprint density at radius 3 is 2.52 bits per heavy atom. The van der Waals surface area contributed by atoms with E-state index >= 15 is 0 Å². The van der Waals surface area contributed by atoms with Crippen LogP contribution in [0.1, 0.15) is 67.1 Å². The zero-order valence-corrected chi connectivity index (χ0v) is 15.7. The zero-order chi connectivity index (χ0) is 19.5. The van der Waals surface area contributed by atoms with E-state index in [-0.39, 0.29) is 11.6 Å². The first-order valence-electron chi connectivity index (χ1n) is 9.42. The first-order chi connectivity index (χ1) is 13.1. The minimum atomic E-state index is -0.736. The number of nitrogens with one attached hydrogen (secondary N) is 1. The van der Waals surface area contributed by atoms with Crippen molar-refractivity contribution in [3.8, 4) is 5.88 Å². The summed E-state index contributed by atoms with van der Waals surface area (Å²) >= 11 is 0. The number of carbonyl (C=O) groups is 2. The number of aromatic nitrogens is 2. The molecular formula is C21H27N3O3. The fourth-order valence-corrected chi connectivity index (χ4v) is 2.73. The van der Waals surface area contributed by atoms with Gasteiger partial charge in [-0.15, -0.1) is 0 Å². The maximum atomic E-state index is 11.9. The number of benzene rings is 1. The van der Waals surface area contributed by atoms with E-state index in [9.17, 15) is 9.59 Å². The van der Waals surface area contributed by atoms with Gasteiger partial charge in [0.25, 0.3) is 11.8 Å². The number of unbranched alkanes of at least 4 members (excludes halogenated alkanes) is 5. The molecule has 0 saturated heterocycles. The normalized spacial score (nSPS) is 11.0. The molecule has 1 aromatic heterocycles. The number of rotatable bonds is 11. The van der Waals surface area contributed by atoms with E-state index in [4.69, 9.17) is 10.5 Å². The molecule has 27 heavy (non-hydrogen) atoms. The van der Waals surface area contributed by atoms with Crippen molar-refractivity contribution >= 4 is 18.0 Å². The highest BCUT2D eigenvalue weighted by molar-refractivity contribution is 5.95. The number of nitrogens with zero attached hydrogens (tertiary/aromatic N) is 1. The minimum Gasteiger partial charge on any atom is -0.402 e. The Balaban J connectivity index is 1.78. The van der Waals surface area contributed by atoms with Gasteiger partial charge in [-0.3, -0.25) is 4.79 Å². The van der Waals surface area contributed by atoms with E-state index in [1.165, 1.54) is 56.5 Å². The van der Waals surface area contributed by atoms with Crippen molar-refractivity contribution in [2.24, 2.45) is 5.73 Å². The molecule has 1 heterocycles. The Morgan fingerprint density at radius 2 is 1.81 bits per heavy atom. The summed E-state index contributed by atoms with van der Waals surface area (Å²) in [7, 11) is 0. The van der Waals surface area contributed by atoms with Crippen molar-refractivity contribution in [3.63, 3.8) is 0 Å². The highest BCUT2D eigenvalue weighted by Gasteiger charge is 2.14. The molecule has 144 valence electrons. The van der Waals surface area contributed by atoms with Crippen LogP contribution >= 0.6 is 0 Å². The lowest BCUT2D eigenvalue weighted by molar-refractivity contribution is -0.129. The fraction of sp³-hybridized carbons (Fsp3) is 0.381. The lowest BCUT2D eigenvalue weighted by Crippen LogP contribution is -2.14. The Kier molecular flexibility index (Phi) is 8.29. The number of primary amides is 1. The predicted octanol–water partition coefficient (Wildman–Crippen LogP) is 4.03. The molecule has 3 N–H and O–H groups in total. The second kappa shape index (κ2) is 11.0. The van der Waals surface area contributed by atoms with Gasteiger partial charge in [0.05, 0.1) is 6.33 Å². The third kappa shape index (κ3) is 7.09. The summed E-state index contributed by atoms with van der Waals surface area (Å²) in [4.78, 5) is 29.3. The van der Waals surface area contributed by atoms with Crippen molar-refractivity contribution in [1.82, 2.24) is 9.97 Å². The van der Waals surface area contributed by atoms with Gasteiger partial charge in [0, 0.05) is 6.08 Å². The lowest BCUT2D eigenvalue weighted by Gasteiger charge is -2.03. The van der Waals surface area contributed by atoms with Gasteiger partial charge >= 0.3 is 5.97 Å². The molecule has 0 unspecified atom stereocenters. The van der Waals surface area contributed by atoms with Crippen LogP contribution in [0.2, 0.25) is 0 Å². The number of carbonyl (C=O) groups excluding carboxylic acids is 2. The van der Waals surface area contributed by atoms with E-state index in [1.54, 1.807) is 6.08 Å². The monoisotopic (exact) mass is 369 g/mol. The van der Waals surface area contributed by atoms with Gasteiger partial charge in [-0.2, -0.15) is 0 Å². The summed E-state index contributed by atoms with van der Waals surface area (Å²) in [5.74, 6) is -1.48. The van der Waals surface area contributed by atoms with Gasteiger partial charge in [-0.1, -0.05) is 63.3 Å². The molecular weight excluding hydrogens is 342 g/mol. The van der Waals surface area contributed by atoms with Gasteiger partial charge < -0.3 is 15.5 Å². The smallest absolute Gasteiger partial charge is 0.337 e. The van der Waals surface area contributed by atoms with Crippen LogP contribution in [0.5, 0.6) is 5.88 Å². The molecule has 0 aliphatic carbocycles. The van der Waals surface area contributed by atoms with Crippen LogP contribution in [0.3, 0.4) is 0 Å². The molecule has 0 spiro atoms. The molecule has 0 fully saturated rings. The highest BCUT2D eigenvalue weighted by Crippen LogP contribution is 2.14. The number of aryl methyl sites for hydroxylation is 1. The molecule has 0 aliphatic heterocycles. The number of amides is 1. The molecule has 2 aromatic rings. The maximum absolute atomic E-state index is 11.9. The van der Waals surface area contributed by atoms with Crippen LogP contribution in [-0.2, 0) is 11.2 Å². The number of ether oxygens (including phenoxy) is 1. The maximum Gasteiger partial charge on any atom is 0.337 e. The SMILES string of the molecule is CCCCCCCCc1ccc(C=CC(=O)Oc2nc[nH]c2C(N)=O)cc1. The molecule has 2 rings (SSSR count). The zero-order valence-electron chi connectivity index (χ0n) is 15.7. The number of H-pyrrole nitrogens is 1. The standard InChI is InChI=1S/C21H27N3O3/c1-2-3-4-5-6-7-8-16-9-11-17(12-10-16)13-14-18(25)27-21-19(20(22)26)23-15-24-21/h9-15H,2-8H2,1H3,(H2,22,26)(H,23,24). The summed E-state index contributed by atoms with van der Waals surface area (Å²) in [5, 5.41) is 0. The first-order valence-corrected chi connectivity index (χ1v) is 9.42. The molecule has 0 atom stereocenters.